The number of urea groups is 1. The Bertz CT molecular complexity index is 1530. The first-order valence-corrected chi connectivity index (χ1v) is 13.7. The zero-order chi connectivity index (χ0) is 26.9. The molecule has 1 aromatic heterocycles. The zero-order valence-electron chi connectivity index (χ0n) is 21.8. The summed E-state index contributed by atoms with van der Waals surface area (Å²) in [6, 6.07) is 10.2. The van der Waals surface area contributed by atoms with Gasteiger partial charge in [-0.3, -0.25) is 19.2 Å². The number of imide groups is 1. The summed E-state index contributed by atoms with van der Waals surface area (Å²) in [4.78, 5) is 43.7. The average molecular weight is 528 g/mol. The number of amides is 4. The van der Waals surface area contributed by atoms with Gasteiger partial charge < -0.3 is 10.2 Å². The summed E-state index contributed by atoms with van der Waals surface area (Å²) in [5, 5.41) is 7.19. The molecule has 3 aromatic rings. The van der Waals surface area contributed by atoms with E-state index < -0.39 is 11.6 Å². The molecule has 1 spiro atoms. The van der Waals surface area contributed by atoms with E-state index >= 15 is 0 Å². The van der Waals surface area contributed by atoms with Gasteiger partial charge in [0.2, 0.25) is 5.91 Å². The number of aromatic nitrogens is 2. The van der Waals surface area contributed by atoms with Crippen molar-refractivity contribution in [3.63, 3.8) is 0 Å². The lowest BCUT2D eigenvalue weighted by Crippen LogP contribution is -2.48. The largest absolute Gasteiger partial charge is 0.334 e. The Labute approximate surface area is 225 Å². The molecule has 0 bridgehead atoms. The second kappa shape index (κ2) is 8.76. The van der Waals surface area contributed by atoms with Gasteiger partial charge in [-0.1, -0.05) is 24.3 Å². The Kier molecular flexibility index (Phi) is 5.40. The number of halogens is 1. The Morgan fingerprint density at radius 1 is 1.05 bits per heavy atom. The third kappa shape index (κ3) is 3.94. The monoisotopic (exact) mass is 527 g/mol. The van der Waals surface area contributed by atoms with E-state index in [1.165, 1.54) is 6.07 Å². The highest BCUT2D eigenvalue weighted by Crippen LogP contribution is 2.43. The molecule has 200 valence electrons. The van der Waals surface area contributed by atoms with Gasteiger partial charge in [-0.15, -0.1) is 0 Å². The van der Waals surface area contributed by atoms with Crippen molar-refractivity contribution in [3.8, 4) is 11.1 Å². The average Bonchev–Trinajstić information content (AvgIpc) is 3.55. The van der Waals surface area contributed by atoms with Crippen molar-refractivity contribution >= 4 is 17.8 Å². The van der Waals surface area contributed by atoms with Crippen LogP contribution in [-0.2, 0) is 41.6 Å². The van der Waals surface area contributed by atoms with E-state index in [-0.39, 0.29) is 30.2 Å². The van der Waals surface area contributed by atoms with Crippen LogP contribution in [0.15, 0.2) is 48.8 Å². The van der Waals surface area contributed by atoms with Gasteiger partial charge in [-0.05, 0) is 84.4 Å². The molecular weight excluding hydrogens is 497 g/mol. The Morgan fingerprint density at radius 3 is 2.67 bits per heavy atom. The van der Waals surface area contributed by atoms with E-state index in [4.69, 9.17) is 0 Å². The van der Waals surface area contributed by atoms with Crippen LogP contribution in [0, 0.1) is 11.7 Å². The van der Waals surface area contributed by atoms with Gasteiger partial charge in [-0.2, -0.15) is 5.10 Å². The standard InChI is InChI=1S/C30H30FN5O3/c1-34-15-23(14-32-34)19-5-8-25-21(12-19)10-11-30(25)28(38)36(29(39)33-30)17-27(37)35-16-22-4-7-24(31)13-20(22)6-9-26(35)18-2-3-18/h4-5,7-8,12-15,18,26H,2-3,6,9-11,16-17H2,1H3,(H,33,39)/t26?,30-/m1/s1. The van der Waals surface area contributed by atoms with Crippen molar-refractivity contribution in [1.29, 1.82) is 0 Å². The van der Waals surface area contributed by atoms with Crippen molar-refractivity contribution in [2.75, 3.05) is 6.54 Å². The SMILES string of the molecule is Cn1cc(-c2ccc3c(c2)CC[C@@]32NC(=O)N(CC(=O)N3Cc4ccc(F)cc4CCC3C3CC3)C2=O)cn1. The highest BCUT2D eigenvalue weighted by molar-refractivity contribution is 6.10. The zero-order valence-corrected chi connectivity index (χ0v) is 21.8. The van der Waals surface area contributed by atoms with Gasteiger partial charge in [-0.25, -0.2) is 9.18 Å². The fraction of sp³-hybridized carbons (Fsp3) is 0.400. The summed E-state index contributed by atoms with van der Waals surface area (Å²) >= 11 is 0. The first kappa shape index (κ1) is 24.1. The number of hydrogen-bond acceptors (Lipinski definition) is 4. The number of carbonyl (C=O) groups excluding carboxylic acids is 3. The second-order valence-electron chi connectivity index (χ2n) is 11.4. The third-order valence-corrected chi connectivity index (χ3v) is 8.95. The Morgan fingerprint density at radius 2 is 1.90 bits per heavy atom. The van der Waals surface area contributed by atoms with Crippen LogP contribution < -0.4 is 5.32 Å². The molecule has 1 unspecified atom stereocenters. The van der Waals surface area contributed by atoms with Gasteiger partial charge in [0.05, 0.1) is 6.20 Å². The van der Waals surface area contributed by atoms with Crippen molar-refractivity contribution in [1.82, 2.24) is 24.9 Å². The van der Waals surface area contributed by atoms with Gasteiger partial charge in [0.15, 0.2) is 0 Å². The number of fused-ring (bicyclic) bond motifs is 3. The van der Waals surface area contributed by atoms with Crippen LogP contribution >= 0.6 is 0 Å². The molecule has 2 aromatic carbocycles. The molecule has 39 heavy (non-hydrogen) atoms. The highest BCUT2D eigenvalue weighted by atomic mass is 19.1. The van der Waals surface area contributed by atoms with E-state index in [2.05, 4.69) is 16.5 Å². The first-order chi connectivity index (χ1) is 18.8. The van der Waals surface area contributed by atoms with Crippen LogP contribution in [0.5, 0.6) is 0 Å². The maximum Gasteiger partial charge on any atom is 0.325 e. The summed E-state index contributed by atoms with van der Waals surface area (Å²) in [5.41, 5.74) is 4.53. The molecule has 3 heterocycles. The minimum atomic E-state index is -1.14. The van der Waals surface area contributed by atoms with E-state index in [1.807, 2.05) is 30.3 Å². The van der Waals surface area contributed by atoms with Crippen LogP contribution in [0.25, 0.3) is 11.1 Å². The number of benzene rings is 2. The van der Waals surface area contributed by atoms with Crippen LogP contribution in [-0.4, -0.2) is 50.0 Å². The molecule has 7 rings (SSSR count). The van der Waals surface area contributed by atoms with Gasteiger partial charge >= 0.3 is 6.03 Å². The number of hydrogen-bond donors (Lipinski definition) is 1. The molecular formula is C30H30FN5O3. The van der Waals surface area contributed by atoms with Gasteiger partial charge in [0.25, 0.3) is 5.91 Å². The van der Waals surface area contributed by atoms with Crippen molar-refractivity contribution in [3.05, 3.63) is 76.9 Å². The molecule has 2 aliphatic heterocycles. The number of carbonyl (C=O) groups is 3. The lowest BCUT2D eigenvalue weighted by molar-refractivity contribution is -0.141. The molecule has 4 aliphatic rings. The number of nitrogens with one attached hydrogen (secondary N) is 1. The van der Waals surface area contributed by atoms with Gasteiger partial charge in [0, 0.05) is 31.4 Å². The Balaban J connectivity index is 1.14. The fourth-order valence-electron chi connectivity index (χ4n) is 6.76. The summed E-state index contributed by atoms with van der Waals surface area (Å²) in [7, 11) is 1.87. The van der Waals surface area contributed by atoms with Crippen LogP contribution in [0.2, 0.25) is 0 Å². The van der Waals surface area contributed by atoms with Crippen LogP contribution in [0.3, 0.4) is 0 Å². The third-order valence-electron chi connectivity index (χ3n) is 8.95. The maximum atomic E-state index is 13.9. The molecule has 4 amide bonds. The number of nitrogens with zero attached hydrogens (tertiary/aromatic N) is 4. The number of rotatable bonds is 4. The minimum absolute atomic E-state index is 0.0285. The summed E-state index contributed by atoms with van der Waals surface area (Å²) in [6.45, 7) is 0.0691. The van der Waals surface area contributed by atoms with Crippen LogP contribution in [0.1, 0.15) is 47.9 Å². The predicted octanol–water partition coefficient (Wildman–Crippen LogP) is 3.67. The second-order valence-corrected chi connectivity index (χ2v) is 11.4. The smallest absolute Gasteiger partial charge is 0.325 e. The molecule has 0 radical (unpaired) electrons. The molecule has 2 aliphatic carbocycles. The lowest BCUT2D eigenvalue weighted by atomic mass is 9.90. The molecule has 1 saturated carbocycles. The van der Waals surface area contributed by atoms with E-state index in [0.717, 1.165) is 57.5 Å². The summed E-state index contributed by atoms with van der Waals surface area (Å²) in [5.74, 6) is -0.465. The highest BCUT2D eigenvalue weighted by Gasteiger charge is 2.56. The van der Waals surface area contributed by atoms with E-state index in [1.54, 1.807) is 23.0 Å². The molecule has 1 saturated heterocycles. The maximum absolute atomic E-state index is 13.9. The molecule has 8 nitrogen and oxygen atoms in total. The van der Waals surface area contributed by atoms with E-state index in [9.17, 15) is 18.8 Å². The fourth-order valence-corrected chi connectivity index (χ4v) is 6.76. The normalized spacial score (nSPS) is 24.1. The summed E-state index contributed by atoms with van der Waals surface area (Å²) < 4.78 is 15.6. The quantitative estimate of drug-likeness (QED) is 0.525. The Hall–Kier alpha value is -4.01. The first-order valence-electron chi connectivity index (χ1n) is 13.7. The molecule has 1 N–H and O–H groups in total. The minimum Gasteiger partial charge on any atom is -0.334 e. The topological polar surface area (TPSA) is 87.5 Å². The van der Waals surface area contributed by atoms with Crippen molar-refractivity contribution in [2.45, 2.75) is 56.7 Å². The van der Waals surface area contributed by atoms with Gasteiger partial charge in [0.1, 0.15) is 17.9 Å². The lowest BCUT2D eigenvalue weighted by Gasteiger charge is -2.31. The number of aryl methyl sites for hydroxylation is 3. The molecule has 2 fully saturated rings. The summed E-state index contributed by atoms with van der Waals surface area (Å²) in [6.07, 6.45) is 8.43. The molecule has 2 atom stereocenters. The predicted molar refractivity (Wildman–Crippen MR) is 141 cm³/mol. The van der Waals surface area contributed by atoms with Crippen molar-refractivity contribution in [2.24, 2.45) is 13.0 Å². The van der Waals surface area contributed by atoms with Crippen molar-refractivity contribution < 1.29 is 18.8 Å². The molecule has 9 heteroatoms. The van der Waals surface area contributed by atoms with E-state index in [0.29, 0.717) is 31.7 Å². The van der Waals surface area contributed by atoms with Crippen LogP contribution in [0.4, 0.5) is 9.18 Å².